The third-order valence-electron chi connectivity index (χ3n) is 3.20. The maximum Gasteiger partial charge on any atom is 0.242 e. The normalized spacial score (nSPS) is 12.6. The molecular weight excluding hydrogens is 312 g/mol. The first kappa shape index (κ1) is 19.1. The van der Waals surface area contributed by atoms with E-state index >= 15 is 0 Å². The Hall–Kier alpha value is -2.90. The third-order valence-corrected chi connectivity index (χ3v) is 3.20. The van der Waals surface area contributed by atoms with E-state index in [0.717, 1.165) is 5.56 Å². The van der Waals surface area contributed by atoms with E-state index in [-0.39, 0.29) is 18.9 Å². The van der Waals surface area contributed by atoms with Gasteiger partial charge in [0.2, 0.25) is 23.6 Å². The lowest BCUT2D eigenvalue weighted by Crippen LogP contribution is -2.51. The summed E-state index contributed by atoms with van der Waals surface area (Å²) in [5.74, 6) is -2.05. The van der Waals surface area contributed by atoms with E-state index in [4.69, 9.17) is 5.73 Å². The molecule has 0 aromatic heterocycles. The fourth-order valence-corrected chi connectivity index (χ4v) is 2.01. The average molecular weight is 334 g/mol. The number of hydrogen-bond acceptors (Lipinski definition) is 4. The molecule has 130 valence electrons. The Morgan fingerprint density at radius 1 is 1.08 bits per heavy atom. The Morgan fingerprint density at radius 3 is 2.25 bits per heavy atom. The Morgan fingerprint density at radius 2 is 1.71 bits per heavy atom. The minimum atomic E-state index is -0.871. The van der Waals surface area contributed by atoms with Crippen molar-refractivity contribution in [2.24, 2.45) is 5.73 Å². The highest BCUT2D eigenvalue weighted by Gasteiger charge is 2.20. The molecule has 2 atom stereocenters. The highest BCUT2D eigenvalue weighted by atomic mass is 16.2. The Balaban J connectivity index is 2.50. The van der Waals surface area contributed by atoms with Crippen molar-refractivity contribution in [3.05, 3.63) is 35.9 Å². The molecule has 0 spiro atoms. The van der Waals surface area contributed by atoms with E-state index in [9.17, 15) is 19.2 Å². The van der Waals surface area contributed by atoms with Crippen molar-refractivity contribution in [3.8, 4) is 0 Å². The first-order chi connectivity index (χ1) is 11.3. The second-order valence-corrected chi connectivity index (χ2v) is 5.35. The van der Waals surface area contributed by atoms with Crippen LogP contribution in [0.15, 0.2) is 30.3 Å². The van der Waals surface area contributed by atoms with Gasteiger partial charge >= 0.3 is 0 Å². The van der Waals surface area contributed by atoms with Crippen LogP contribution in [0.25, 0.3) is 0 Å². The molecule has 8 nitrogen and oxygen atoms in total. The summed E-state index contributed by atoms with van der Waals surface area (Å²) in [4.78, 5) is 45.9. The average Bonchev–Trinajstić information content (AvgIpc) is 2.52. The number of amides is 4. The zero-order chi connectivity index (χ0) is 18.1. The van der Waals surface area contributed by atoms with Gasteiger partial charge in [0.15, 0.2) is 0 Å². The van der Waals surface area contributed by atoms with E-state index in [2.05, 4.69) is 16.0 Å². The molecule has 8 heteroatoms. The molecule has 2 unspecified atom stereocenters. The van der Waals surface area contributed by atoms with Gasteiger partial charge in [-0.05, 0) is 12.5 Å². The molecule has 0 heterocycles. The zero-order valence-electron chi connectivity index (χ0n) is 13.7. The highest BCUT2D eigenvalue weighted by molar-refractivity contribution is 5.91. The van der Waals surface area contributed by atoms with Crippen LogP contribution in [-0.2, 0) is 25.6 Å². The van der Waals surface area contributed by atoms with Gasteiger partial charge in [-0.3, -0.25) is 19.2 Å². The van der Waals surface area contributed by atoms with Gasteiger partial charge in [-0.25, -0.2) is 0 Å². The second-order valence-electron chi connectivity index (χ2n) is 5.35. The number of nitrogens with two attached hydrogens (primary N) is 1. The molecule has 0 aliphatic heterocycles. The standard InChI is InChI=1S/C16H22N4O4/c1-10(19-11(2)21)16(24)18-9-14(22)20-13(15(17)23)8-12-6-4-3-5-7-12/h3-7,10,13H,8-9H2,1-2H3,(H2,17,23)(H,18,24)(H,19,21)(H,20,22). The number of hydrogen-bond donors (Lipinski definition) is 4. The summed E-state index contributed by atoms with van der Waals surface area (Å²) in [7, 11) is 0. The SMILES string of the molecule is CC(=O)NC(C)C(=O)NCC(=O)NC(Cc1ccccc1)C(N)=O. The van der Waals surface area contributed by atoms with Crippen LogP contribution in [0.2, 0.25) is 0 Å². The molecule has 0 saturated heterocycles. The van der Waals surface area contributed by atoms with Crippen LogP contribution in [0.3, 0.4) is 0 Å². The third kappa shape index (κ3) is 6.91. The van der Waals surface area contributed by atoms with Crippen LogP contribution in [0.1, 0.15) is 19.4 Å². The quantitative estimate of drug-likeness (QED) is 0.477. The summed E-state index contributed by atoms with van der Waals surface area (Å²) in [5, 5.41) is 7.26. The molecular formula is C16H22N4O4. The van der Waals surface area contributed by atoms with Gasteiger partial charge in [-0.15, -0.1) is 0 Å². The minimum Gasteiger partial charge on any atom is -0.368 e. The van der Waals surface area contributed by atoms with Gasteiger partial charge < -0.3 is 21.7 Å². The number of nitrogens with one attached hydrogen (secondary N) is 3. The summed E-state index contributed by atoms with van der Waals surface area (Å²) in [6.45, 7) is 2.47. The predicted octanol–water partition coefficient (Wildman–Crippen LogP) is -1.16. The maximum atomic E-state index is 11.9. The molecule has 4 amide bonds. The fraction of sp³-hybridized carbons (Fsp3) is 0.375. The van der Waals surface area contributed by atoms with Crippen molar-refractivity contribution in [2.75, 3.05) is 6.54 Å². The topological polar surface area (TPSA) is 130 Å². The molecule has 0 bridgehead atoms. The van der Waals surface area contributed by atoms with Gasteiger partial charge in [-0.2, -0.15) is 0 Å². The Labute approximate surface area is 140 Å². The van der Waals surface area contributed by atoms with Crippen molar-refractivity contribution >= 4 is 23.6 Å². The second kappa shape index (κ2) is 9.29. The largest absolute Gasteiger partial charge is 0.368 e. The first-order valence-electron chi connectivity index (χ1n) is 7.47. The molecule has 0 fully saturated rings. The fourth-order valence-electron chi connectivity index (χ4n) is 2.01. The molecule has 5 N–H and O–H groups in total. The lowest BCUT2D eigenvalue weighted by molar-refractivity contribution is -0.130. The van der Waals surface area contributed by atoms with Gasteiger partial charge in [0.25, 0.3) is 0 Å². The van der Waals surface area contributed by atoms with Gasteiger partial charge in [0.1, 0.15) is 12.1 Å². The van der Waals surface area contributed by atoms with Crippen LogP contribution in [0.4, 0.5) is 0 Å². The number of benzene rings is 1. The zero-order valence-corrected chi connectivity index (χ0v) is 13.7. The predicted molar refractivity (Wildman–Crippen MR) is 87.6 cm³/mol. The molecule has 24 heavy (non-hydrogen) atoms. The summed E-state index contributed by atoms with van der Waals surface area (Å²) >= 11 is 0. The van der Waals surface area contributed by atoms with E-state index in [1.807, 2.05) is 30.3 Å². The smallest absolute Gasteiger partial charge is 0.242 e. The summed E-state index contributed by atoms with van der Waals surface area (Å²) in [5.41, 5.74) is 6.16. The van der Waals surface area contributed by atoms with Crippen molar-refractivity contribution in [2.45, 2.75) is 32.4 Å². The summed E-state index contributed by atoms with van der Waals surface area (Å²) in [6, 6.07) is 7.49. The molecule has 0 radical (unpaired) electrons. The number of rotatable bonds is 8. The Kier molecular flexibility index (Phi) is 7.41. The van der Waals surface area contributed by atoms with Crippen LogP contribution in [0, 0.1) is 0 Å². The first-order valence-corrected chi connectivity index (χ1v) is 7.47. The monoisotopic (exact) mass is 334 g/mol. The molecule has 0 aliphatic rings. The van der Waals surface area contributed by atoms with Crippen molar-refractivity contribution < 1.29 is 19.2 Å². The number of carbonyl (C=O) groups excluding carboxylic acids is 4. The molecule has 1 rings (SSSR count). The van der Waals surface area contributed by atoms with Crippen molar-refractivity contribution in [1.29, 1.82) is 0 Å². The van der Waals surface area contributed by atoms with Crippen LogP contribution >= 0.6 is 0 Å². The number of carbonyl (C=O) groups is 4. The molecule has 1 aromatic carbocycles. The van der Waals surface area contributed by atoms with Gasteiger partial charge in [0, 0.05) is 13.3 Å². The highest BCUT2D eigenvalue weighted by Crippen LogP contribution is 2.02. The van der Waals surface area contributed by atoms with Crippen LogP contribution < -0.4 is 21.7 Å². The number of primary amides is 1. The van der Waals surface area contributed by atoms with E-state index in [1.165, 1.54) is 13.8 Å². The Bertz CT molecular complexity index is 603. The summed E-state index contributed by atoms with van der Waals surface area (Å²) in [6.07, 6.45) is 0.262. The minimum absolute atomic E-state index is 0.262. The molecule has 0 saturated carbocycles. The van der Waals surface area contributed by atoms with Gasteiger partial charge in [-0.1, -0.05) is 30.3 Å². The molecule has 0 aliphatic carbocycles. The van der Waals surface area contributed by atoms with Crippen molar-refractivity contribution in [3.63, 3.8) is 0 Å². The van der Waals surface area contributed by atoms with E-state index in [1.54, 1.807) is 0 Å². The maximum absolute atomic E-state index is 11.9. The van der Waals surface area contributed by atoms with Crippen molar-refractivity contribution in [1.82, 2.24) is 16.0 Å². The lowest BCUT2D eigenvalue weighted by Gasteiger charge is -2.17. The molecule has 1 aromatic rings. The lowest BCUT2D eigenvalue weighted by atomic mass is 10.1. The van der Waals surface area contributed by atoms with Crippen LogP contribution in [-0.4, -0.2) is 42.3 Å². The van der Waals surface area contributed by atoms with Crippen LogP contribution in [0.5, 0.6) is 0 Å². The summed E-state index contributed by atoms with van der Waals surface area (Å²) < 4.78 is 0. The van der Waals surface area contributed by atoms with Gasteiger partial charge in [0.05, 0.1) is 6.54 Å². The van der Waals surface area contributed by atoms with E-state index in [0.29, 0.717) is 0 Å². The van der Waals surface area contributed by atoms with E-state index < -0.39 is 29.8 Å².